The largest absolute Gasteiger partial charge is 0.481 e. The fourth-order valence-corrected chi connectivity index (χ4v) is 1.17. The van der Waals surface area contributed by atoms with Gasteiger partial charge in [0.1, 0.15) is 0 Å². The van der Waals surface area contributed by atoms with Crippen molar-refractivity contribution in [3.63, 3.8) is 0 Å². The normalized spacial score (nSPS) is 9.64. The Kier molecular flexibility index (Phi) is 3.71. The number of halogens is 1. The molecular formula is C9H10ClNO3. The summed E-state index contributed by atoms with van der Waals surface area (Å²) in [5.41, 5.74) is 0.944. The highest BCUT2D eigenvalue weighted by atomic mass is 35.5. The number of rotatable bonds is 3. The van der Waals surface area contributed by atoms with Crippen LogP contribution in [0.3, 0.4) is 0 Å². The van der Waals surface area contributed by atoms with Gasteiger partial charge < -0.3 is 9.47 Å². The second-order valence-corrected chi connectivity index (χ2v) is 2.76. The minimum atomic E-state index is -0.496. The van der Waals surface area contributed by atoms with Crippen molar-refractivity contribution in [3.8, 4) is 5.88 Å². The lowest BCUT2D eigenvalue weighted by molar-refractivity contribution is 0.0593. The van der Waals surface area contributed by atoms with Gasteiger partial charge in [-0.2, -0.15) is 0 Å². The summed E-state index contributed by atoms with van der Waals surface area (Å²) in [4.78, 5) is 15.1. The first-order valence-electron chi connectivity index (χ1n) is 3.91. The molecule has 0 atom stereocenters. The van der Waals surface area contributed by atoms with Crippen molar-refractivity contribution in [1.29, 1.82) is 0 Å². The monoisotopic (exact) mass is 215 g/mol. The third-order valence-corrected chi connectivity index (χ3v) is 1.96. The Morgan fingerprint density at radius 2 is 2.21 bits per heavy atom. The predicted octanol–water partition coefficient (Wildman–Crippen LogP) is 1.62. The summed E-state index contributed by atoms with van der Waals surface area (Å²) in [6.07, 6.45) is 0. The van der Waals surface area contributed by atoms with Crippen LogP contribution in [-0.4, -0.2) is 25.2 Å². The second-order valence-electron chi connectivity index (χ2n) is 2.49. The van der Waals surface area contributed by atoms with Gasteiger partial charge in [-0.25, -0.2) is 9.78 Å². The van der Waals surface area contributed by atoms with Crippen molar-refractivity contribution in [2.45, 2.75) is 5.88 Å². The molecule has 76 valence electrons. The van der Waals surface area contributed by atoms with Gasteiger partial charge in [0, 0.05) is 5.56 Å². The van der Waals surface area contributed by atoms with Crippen LogP contribution in [0.1, 0.15) is 16.1 Å². The lowest BCUT2D eigenvalue weighted by Crippen LogP contribution is -2.06. The average molecular weight is 216 g/mol. The van der Waals surface area contributed by atoms with E-state index in [9.17, 15) is 4.79 Å². The van der Waals surface area contributed by atoms with Crippen molar-refractivity contribution in [3.05, 3.63) is 23.4 Å². The molecule has 0 fully saturated rings. The number of esters is 1. The molecular weight excluding hydrogens is 206 g/mol. The van der Waals surface area contributed by atoms with Crippen molar-refractivity contribution < 1.29 is 14.3 Å². The second kappa shape index (κ2) is 4.81. The van der Waals surface area contributed by atoms with Crippen molar-refractivity contribution in [2.75, 3.05) is 14.2 Å². The van der Waals surface area contributed by atoms with Crippen LogP contribution in [0.2, 0.25) is 0 Å². The number of nitrogens with zero attached hydrogens (tertiary/aromatic N) is 1. The number of pyridine rings is 1. The van der Waals surface area contributed by atoms with Crippen molar-refractivity contribution >= 4 is 17.6 Å². The van der Waals surface area contributed by atoms with Gasteiger partial charge in [0.25, 0.3) is 0 Å². The maximum absolute atomic E-state index is 11.1. The highest BCUT2D eigenvalue weighted by molar-refractivity contribution is 6.17. The third kappa shape index (κ3) is 2.14. The smallest absolute Gasteiger partial charge is 0.356 e. The van der Waals surface area contributed by atoms with Crippen LogP contribution in [0, 0.1) is 0 Å². The van der Waals surface area contributed by atoms with Gasteiger partial charge in [-0.05, 0) is 6.07 Å². The Balaban J connectivity index is 3.07. The van der Waals surface area contributed by atoms with E-state index in [4.69, 9.17) is 16.3 Å². The van der Waals surface area contributed by atoms with Crippen LogP contribution >= 0.6 is 11.6 Å². The molecule has 0 saturated heterocycles. The topological polar surface area (TPSA) is 48.4 Å². The minimum Gasteiger partial charge on any atom is -0.481 e. The first kappa shape index (κ1) is 10.8. The van der Waals surface area contributed by atoms with Gasteiger partial charge in [0.15, 0.2) is 5.69 Å². The maximum atomic E-state index is 11.1. The maximum Gasteiger partial charge on any atom is 0.356 e. The summed E-state index contributed by atoms with van der Waals surface area (Å²) in [5, 5.41) is 0. The fraction of sp³-hybridized carbons (Fsp3) is 0.333. The number of aromatic nitrogens is 1. The lowest BCUT2D eigenvalue weighted by atomic mass is 10.2. The van der Waals surface area contributed by atoms with Crippen LogP contribution in [0.5, 0.6) is 5.88 Å². The predicted molar refractivity (Wildman–Crippen MR) is 51.7 cm³/mol. The van der Waals surface area contributed by atoms with Gasteiger partial charge in [0.05, 0.1) is 20.1 Å². The molecule has 4 nitrogen and oxygen atoms in total. The Bertz CT molecular complexity index is 341. The summed E-state index contributed by atoms with van der Waals surface area (Å²) >= 11 is 5.64. The zero-order valence-corrected chi connectivity index (χ0v) is 8.67. The molecule has 0 unspecified atom stereocenters. The molecule has 0 N–H and O–H groups in total. The first-order chi connectivity index (χ1) is 6.72. The third-order valence-electron chi connectivity index (χ3n) is 1.67. The first-order valence-corrected chi connectivity index (χ1v) is 4.44. The van der Waals surface area contributed by atoms with Crippen molar-refractivity contribution in [2.24, 2.45) is 0 Å². The van der Waals surface area contributed by atoms with Crippen LogP contribution < -0.4 is 4.74 Å². The molecule has 0 radical (unpaired) electrons. The summed E-state index contributed by atoms with van der Waals surface area (Å²) < 4.78 is 9.49. The van der Waals surface area contributed by atoms with E-state index >= 15 is 0 Å². The molecule has 1 aromatic rings. The van der Waals surface area contributed by atoms with E-state index in [1.807, 2.05) is 0 Å². The minimum absolute atomic E-state index is 0.207. The number of methoxy groups -OCH3 is 2. The van der Waals surface area contributed by atoms with Crippen molar-refractivity contribution in [1.82, 2.24) is 4.98 Å². The van der Waals surface area contributed by atoms with E-state index in [1.54, 1.807) is 12.1 Å². The molecule has 14 heavy (non-hydrogen) atoms. The van der Waals surface area contributed by atoms with E-state index in [1.165, 1.54) is 14.2 Å². The molecule has 0 aromatic carbocycles. The fourth-order valence-electron chi connectivity index (χ4n) is 0.966. The molecule has 1 heterocycles. The summed E-state index contributed by atoms with van der Waals surface area (Å²) in [6.45, 7) is 0. The van der Waals surface area contributed by atoms with Gasteiger partial charge >= 0.3 is 5.97 Å². The Hall–Kier alpha value is -1.29. The van der Waals surface area contributed by atoms with Gasteiger partial charge in [-0.15, -0.1) is 11.6 Å². The molecule has 0 spiro atoms. The molecule has 1 rings (SSSR count). The Morgan fingerprint density at radius 1 is 1.50 bits per heavy atom. The van der Waals surface area contributed by atoms with Crippen LogP contribution in [0.25, 0.3) is 0 Å². The molecule has 0 bridgehead atoms. The molecule has 0 amide bonds. The number of alkyl halides is 1. The quantitative estimate of drug-likeness (QED) is 0.568. The Labute approximate surface area is 86.8 Å². The van der Waals surface area contributed by atoms with Gasteiger partial charge in [-0.1, -0.05) is 6.07 Å². The summed E-state index contributed by atoms with van der Waals surface area (Å²) in [5.74, 6) is 0.143. The standard InChI is InChI=1S/C9H10ClNO3/c1-13-8-6(5-10)3-4-7(11-8)9(12)14-2/h3-4H,5H2,1-2H3. The van der Waals surface area contributed by atoms with E-state index < -0.39 is 5.97 Å². The zero-order chi connectivity index (χ0) is 10.6. The highest BCUT2D eigenvalue weighted by Gasteiger charge is 2.11. The average Bonchev–Trinajstić information content (AvgIpc) is 2.26. The highest BCUT2D eigenvalue weighted by Crippen LogP contribution is 2.18. The van der Waals surface area contributed by atoms with Crippen LogP contribution in [0.4, 0.5) is 0 Å². The van der Waals surface area contributed by atoms with E-state index in [2.05, 4.69) is 9.72 Å². The van der Waals surface area contributed by atoms with E-state index in [0.29, 0.717) is 5.88 Å². The lowest BCUT2D eigenvalue weighted by Gasteiger charge is -2.05. The molecule has 5 heteroatoms. The zero-order valence-electron chi connectivity index (χ0n) is 7.91. The number of carbonyl (C=O) groups excluding carboxylic acids is 1. The SMILES string of the molecule is COC(=O)c1ccc(CCl)c(OC)n1. The number of hydrogen-bond donors (Lipinski definition) is 0. The van der Waals surface area contributed by atoms with Crippen LogP contribution in [0.15, 0.2) is 12.1 Å². The number of carbonyl (C=O) groups is 1. The summed E-state index contributed by atoms with van der Waals surface area (Å²) in [6, 6.07) is 3.23. The number of ether oxygens (including phenoxy) is 2. The number of hydrogen-bond acceptors (Lipinski definition) is 4. The Morgan fingerprint density at radius 3 is 2.71 bits per heavy atom. The molecule has 0 aliphatic carbocycles. The molecule has 0 aliphatic heterocycles. The van der Waals surface area contributed by atoms with Crippen LogP contribution in [-0.2, 0) is 10.6 Å². The molecule has 0 saturated carbocycles. The van der Waals surface area contributed by atoms with E-state index in [0.717, 1.165) is 5.56 Å². The van der Waals surface area contributed by atoms with Gasteiger partial charge in [0.2, 0.25) is 5.88 Å². The van der Waals surface area contributed by atoms with E-state index in [-0.39, 0.29) is 11.6 Å². The molecule has 0 aliphatic rings. The van der Waals surface area contributed by atoms with Gasteiger partial charge in [-0.3, -0.25) is 0 Å². The molecule has 1 aromatic heterocycles. The summed E-state index contributed by atoms with van der Waals surface area (Å²) in [7, 11) is 2.77.